The third kappa shape index (κ3) is 3.07. The van der Waals surface area contributed by atoms with E-state index in [0.29, 0.717) is 23.6 Å². The van der Waals surface area contributed by atoms with Gasteiger partial charge in [0.1, 0.15) is 0 Å². The third-order valence-electron chi connectivity index (χ3n) is 3.58. The molecule has 2 N–H and O–H groups in total. The summed E-state index contributed by atoms with van der Waals surface area (Å²) in [5, 5.41) is 12.3. The Morgan fingerprint density at radius 3 is 2.53 bits per heavy atom. The first kappa shape index (κ1) is 13.9. The Kier molecular flexibility index (Phi) is 4.10. The van der Waals surface area contributed by atoms with Crippen LogP contribution in [0.2, 0.25) is 5.02 Å². The first-order chi connectivity index (χ1) is 8.99. The summed E-state index contributed by atoms with van der Waals surface area (Å²) in [6.07, 6.45) is 1.16. The third-order valence-corrected chi connectivity index (χ3v) is 3.91. The van der Waals surface area contributed by atoms with Crippen molar-refractivity contribution in [2.45, 2.75) is 19.8 Å². The maximum Gasteiger partial charge on any atom is 0.307 e. The Bertz CT molecular complexity index is 503. The van der Waals surface area contributed by atoms with Gasteiger partial charge in [-0.1, -0.05) is 30.7 Å². The van der Waals surface area contributed by atoms with E-state index in [1.165, 1.54) is 0 Å². The molecule has 1 aliphatic carbocycles. The lowest BCUT2D eigenvalue weighted by Gasteiger charge is -2.16. The maximum absolute atomic E-state index is 12.2. The SMILES string of the molecule is CC1CC(C(=O)O)C(C(=O)Nc2ccccc2Cl)C1. The Balaban J connectivity index is 2.11. The van der Waals surface area contributed by atoms with Crippen LogP contribution in [0.1, 0.15) is 19.8 Å². The van der Waals surface area contributed by atoms with E-state index in [1.54, 1.807) is 24.3 Å². The van der Waals surface area contributed by atoms with E-state index in [9.17, 15) is 9.59 Å². The van der Waals surface area contributed by atoms with Crippen LogP contribution in [0.5, 0.6) is 0 Å². The van der Waals surface area contributed by atoms with Crippen molar-refractivity contribution in [3.05, 3.63) is 29.3 Å². The van der Waals surface area contributed by atoms with Gasteiger partial charge in [0, 0.05) is 0 Å². The lowest BCUT2D eigenvalue weighted by Crippen LogP contribution is -2.30. The van der Waals surface area contributed by atoms with Crippen molar-refractivity contribution in [3.63, 3.8) is 0 Å². The lowest BCUT2D eigenvalue weighted by molar-refractivity contribution is -0.145. The van der Waals surface area contributed by atoms with Crippen LogP contribution in [0, 0.1) is 17.8 Å². The lowest BCUT2D eigenvalue weighted by atomic mass is 9.95. The number of hydrogen-bond acceptors (Lipinski definition) is 2. The van der Waals surface area contributed by atoms with Gasteiger partial charge in [0.05, 0.1) is 22.5 Å². The summed E-state index contributed by atoms with van der Waals surface area (Å²) < 4.78 is 0. The van der Waals surface area contributed by atoms with Gasteiger partial charge >= 0.3 is 5.97 Å². The fourth-order valence-electron chi connectivity index (χ4n) is 2.64. The van der Waals surface area contributed by atoms with Crippen molar-refractivity contribution in [2.75, 3.05) is 5.32 Å². The molecular weight excluding hydrogens is 266 g/mol. The van der Waals surface area contributed by atoms with Gasteiger partial charge in [0.2, 0.25) is 5.91 Å². The summed E-state index contributed by atoms with van der Waals surface area (Å²) in [6.45, 7) is 1.97. The average Bonchev–Trinajstić information content (AvgIpc) is 2.74. The standard InChI is InChI=1S/C14H16ClNO3/c1-8-6-9(10(7-8)14(18)19)13(17)16-12-5-3-2-4-11(12)15/h2-5,8-10H,6-7H2,1H3,(H,16,17)(H,18,19). The average molecular weight is 282 g/mol. The van der Waals surface area contributed by atoms with Gasteiger partial charge in [-0.05, 0) is 30.9 Å². The highest BCUT2D eigenvalue weighted by Gasteiger charge is 2.41. The van der Waals surface area contributed by atoms with Crippen molar-refractivity contribution in [2.24, 2.45) is 17.8 Å². The molecule has 5 heteroatoms. The summed E-state index contributed by atoms with van der Waals surface area (Å²) in [7, 11) is 0. The Morgan fingerprint density at radius 2 is 1.89 bits per heavy atom. The van der Waals surface area contributed by atoms with Crippen molar-refractivity contribution < 1.29 is 14.7 Å². The summed E-state index contributed by atoms with van der Waals surface area (Å²) >= 11 is 5.97. The molecule has 0 spiro atoms. The molecule has 0 aliphatic heterocycles. The molecule has 1 fully saturated rings. The molecule has 0 heterocycles. The number of carboxylic acids is 1. The van der Waals surface area contributed by atoms with Crippen LogP contribution in [0.15, 0.2) is 24.3 Å². The molecule has 102 valence electrons. The number of rotatable bonds is 3. The van der Waals surface area contributed by atoms with Crippen molar-refractivity contribution in [3.8, 4) is 0 Å². The summed E-state index contributed by atoms with van der Waals surface area (Å²) in [5.74, 6) is -1.99. The van der Waals surface area contributed by atoms with E-state index >= 15 is 0 Å². The second kappa shape index (κ2) is 5.61. The molecular formula is C14H16ClNO3. The van der Waals surface area contributed by atoms with E-state index in [4.69, 9.17) is 16.7 Å². The van der Waals surface area contributed by atoms with E-state index in [2.05, 4.69) is 5.32 Å². The molecule has 0 radical (unpaired) electrons. The number of aliphatic carboxylic acids is 1. The predicted molar refractivity (Wildman–Crippen MR) is 73.1 cm³/mol. The van der Waals surface area contributed by atoms with Gasteiger partial charge in [-0.3, -0.25) is 9.59 Å². The molecule has 3 unspecified atom stereocenters. The molecule has 1 aromatic rings. The van der Waals surface area contributed by atoms with Gasteiger partial charge in [0.25, 0.3) is 0 Å². The van der Waals surface area contributed by atoms with Crippen LogP contribution >= 0.6 is 11.6 Å². The van der Waals surface area contributed by atoms with E-state index < -0.39 is 17.8 Å². The minimum Gasteiger partial charge on any atom is -0.481 e. The van der Waals surface area contributed by atoms with E-state index in [1.807, 2.05) is 6.92 Å². The summed E-state index contributed by atoms with van der Waals surface area (Å²) in [6, 6.07) is 6.93. The molecule has 1 aliphatic rings. The van der Waals surface area contributed by atoms with Gasteiger partial charge in [-0.15, -0.1) is 0 Å². The van der Waals surface area contributed by atoms with Crippen LogP contribution in [-0.2, 0) is 9.59 Å². The molecule has 19 heavy (non-hydrogen) atoms. The number of carbonyl (C=O) groups is 2. The van der Waals surface area contributed by atoms with Crippen LogP contribution in [-0.4, -0.2) is 17.0 Å². The zero-order valence-electron chi connectivity index (χ0n) is 10.6. The number of hydrogen-bond donors (Lipinski definition) is 2. The monoisotopic (exact) mass is 281 g/mol. The number of nitrogens with one attached hydrogen (secondary N) is 1. The molecule has 1 saturated carbocycles. The number of anilines is 1. The second-order valence-corrected chi connectivity index (χ2v) is 5.50. The maximum atomic E-state index is 12.2. The molecule has 0 bridgehead atoms. The molecule has 0 aromatic heterocycles. The quantitative estimate of drug-likeness (QED) is 0.895. The van der Waals surface area contributed by atoms with Gasteiger partial charge < -0.3 is 10.4 Å². The highest BCUT2D eigenvalue weighted by atomic mass is 35.5. The number of para-hydroxylation sites is 1. The molecule has 0 saturated heterocycles. The zero-order valence-corrected chi connectivity index (χ0v) is 11.4. The zero-order chi connectivity index (χ0) is 14.0. The summed E-state index contributed by atoms with van der Waals surface area (Å²) in [4.78, 5) is 23.4. The van der Waals surface area contributed by atoms with Crippen molar-refractivity contribution in [1.29, 1.82) is 0 Å². The normalized spacial score (nSPS) is 26.1. The van der Waals surface area contributed by atoms with E-state index in [-0.39, 0.29) is 11.8 Å². The van der Waals surface area contributed by atoms with E-state index in [0.717, 1.165) is 0 Å². The smallest absolute Gasteiger partial charge is 0.307 e. The van der Waals surface area contributed by atoms with Gasteiger partial charge in [-0.25, -0.2) is 0 Å². The van der Waals surface area contributed by atoms with Crippen LogP contribution < -0.4 is 5.32 Å². The molecule has 1 amide bonds. The molecule has 4 nitrogen and oxygen atoms in total. The van der Waals surface area contributed by atoms with Crippen molar-refractivity contribution in [1.82, 2.24) is 0 Å². The topological polar surface area (TPSA) is 66.4 Å². The predicted octanol–water partition coefficient (Wildman–Crippen LogP) is 3.03. The number of carbonyl (C=O) groups excluding carboxylic acids is 1. The highest BCUT2D eigenvalue weighted by molar-refractivity contribution is 6.33. The number of carboxylic acid groups (broad SMARTS) is 1. The number of benzene rings is 1. The Hall–Kier alpha value is -1.55. The second-order valence-electron chi connectivity index (χ2n) is 5.10. The minimum atomic E-state index is -0.899. The largest absolute Gasteiger partial charge is 0.481 e. The molecule has 3 atom stereocenters. The first-order valence-corrected chi connectivity index (χ1v) is 6.65. The highest BCUT2D eigenvalue weighted by Crippen LogP contribution is 2.37. The fourth-order valence-corrected chi connectivity index (χ4v) is 2.83. The van der Waals surface area contributed by atoms with Gasteiger partial charge in [0.15, 0.2) is 0 Å². The summed E-state index contributed by atoms with van der Waals surface area (Å²) in [5.41, 5.74) is 0.526. The number of amides is 1. The molecule has 2 rings (SSSR count). The van der Waals surface area contributed by atoms with Crippen LogP contribution in [0.3, 0.4) is 0 Å². The van der Waals surface area contributed by atoms with Gasteiger partial charge in [-0.2, -0.15) is 0 Å². The minimum absolute atomic E-state index is 0.253. The number of halogens is 1. The Morgan fingerprint density at radius 1 is 1.26 bits per heavy atom. The van der Waals surface area contributed by atoms with Crippen LogP contribution in [0.25, 0.3) is 0 Å². The molecule has 1 aromatic carbocycles. The Labute approximate surface area is 116 Å². The first-order valence-electron chi connectivity index (χ1n) is 6.27. The fraction of sp³-hybridized carbons (Fsp3) is 0.429. The van der Waals surface area contributed by atoms with Crippen LogP contribution in [0.4, 0.5) is 5.69 Å². The van der Waals surface area contributed by atoms with Crippen molar-refractivity contribution >= 4 is 29.2 Å².